The van der Waals surface area contributed by atoms with Crippen molar-refractivity contribution in [2.24, 2.45) is 0 Å². The molecule has 0 aromatic heterocycles. The maximum atomic E-state index is 13.1. The predicted octanol–water partition coefficient (Wildman–Crippen LogP) is 5.65. The summed E-state index contributed by atoms with van der Waals surface area (Å²) in [5.41, 5.74) is -3.77. The van der Waals surface area contributed by atoms with Gasteiger partial charge in [-0.2, -0.15) is 22.0 Å². The first-order chi connectivity index (χ1) is 14.8. The van der Waals surface area contributed by atoms with Gasteiger partial charge in [-0.25, -0.2) is 4.39 Å². The second-order valence-corrected chi connectivity index (χ2v) is 8.17. The summed E-state index contributed by atoms with van der Waals surface area (Å²) in [6, 6.07) is 7.45. The number of nitrogens with one attached hydrogen (secondary N) is 2. The molecule has 0 spiro atoms. The van der Waals surface area contributed by atoms with Gasteiger partial charge in [0.25, 0.3) is 5.63 Å². The van der Waals surface area contributed by atoms with Crippen LogP contribution in [0.4, 0.5) is 37.7 Å². The monoisotopic (exact) mass is 498 g/mol. The number of thioether (sulfide) groups is 1. The second-order valence-electron chi connectivity index (χ2n) is 6.55. The minimum atomic E-state index is -4.56. The minimum Gasteiger partial charge on any atom is -0.429 e. The molecule has 0 bridgehead atoms. The minimum absolute atomic E-state index is 0.00587. The highest BCUT2D eigenvalue weighted by molar-refractivity contribution is 8.01. The molecule has 0 radical (unpaired) electrons. The fourth-order valence-corrected chi connectivity index (χ4v) is 3.78. The third-order valence-electron chi connectivity index (χ3n) is 4.14. The van der Waals surface area contributed by atoms with Crippen LogP contribution in [-0.2, 0) is 15.8 Å². The number of alkyl halides is 7. The Labute approximate surface area is 186 Å². The molecule has 2 aromatic carbocycles. The fraction of sp³-hybridized carbons (Fsp3) is 0.263. The molecule has 1 aliphatic heterocycles. The lowest BCUT2D eigenvalue weighted by atomic mass is 10.1. The maximum Gasteiger partial charge on any atom is 0.444 e. The van der Waals surface area contributed by atoms with E-state index in [1.54, 1.807) is 0 Å². The number of hydrogen-bond donors (Lipinski definition) is 2. The first-order valence-corrected chi connectivity index (χ1v) is 10.1. The van der Waals surface area contributed by atoms with Gasteiger partial charge < -0.3 is 15.4 Å². The van der Waals surface area contributed by atoms with Crippen molar-refractivity contribution in [2.75, 3.05) is 10.6 Å². The molecule has 0 saturated carbocycles. The molecular weight excluding hydrogens is 486 g/mol. The van der Waals surface area contributed by atoms with E-state index >= 15 is 0 Å². The van der Waals surface area contributed by atoms with E-state index in [4.69, 9.17) is 11.6 Å². The van der Waals surface area contributed by atoms with E-state index in [0.29, 0.717) is 4.90 Å². The molecule has 0 saturated heterocycles. The van der Waals surface area contributed by atoms with Gasteiger partial charge in [-0.05, 0) is 42.5 Å². The first-order valence-electron chi connectivity index (χ1n) is 8.79. The highest BCUT2D eigenvalue weighted by Crippen LogP contribution is 2.40. The molecule has 0 unspecified atom stereocenters. The van der Waals surface area contributed by atoms with Crippen LogP contribution >= 0.6 is 23.4 Å². The SMILES string of the molecule is O=C(C[C@H]1Sc2ccc(C(F)(F)F)cc2NC1=O)Nc1ccc(OC(F)(F)[C@H](F)Cl)cc1. The zero-order chi connectivity index (χ0) is 23.7. The molecule has 2 aromatic rings. The average Bonchev–Trinajstić information content (AvgIpc) is 2.68. The van der Waals surface area contributed by atoms with Crippen LogP contribution < -0.4 is 15.4 Å². The van der Waals surface area contributed by atoms with Crippen molar-refractivity contribution in [3.63, 3.8) is 0 Å². The van der Waals surface area contributed by atoms with Crippen molar-refractivity contribution >= 4 is 46.6 Å². The van der Waals surface area contributed by atoms with Crippen LogP contribution in [-0.4, -0.2) is 28.8 Å². The van der Waals surface area contributed by atoms with Crippen LogP contribution in [0.3, 0.4) is 0 Å². The number of carbonyl (C=O) groups excluding carboxylic acids is 2. The van der Waals surface area contributed by atoms with E-state index in [9.17, 15) is 35.9 Å². The lowest BCUT2D eigenvalue weighted by Crippen LogP contribution is -2.33. The number of carbonyl (C=O) groups is 2. The molecule has 172 valence electrons. The molecule has 2 atom stereocenters. The van der Waals surface area contributed by atoms with Crippen molar-refractivity contribution in [2.45, 2.75) is 34.5 Å². The Morgan fingerprint density at radius 2 is 1.81 bits per heavy atom. The Bertz CT molecular complexity index is 1020. The molecule has 3 rings (SSSR count). The lowest BCUT2D eigenvalue weighted by molar-refractivity contribution is -0.199. The first kappa shape index (κ1) is 24.1. The lowest BCUT2D eigenvalue weighted by Gasteiger charge is -2.24. The van der Waals surface area contributed by atoms with Crippen LogP contribution in [0, 0.1) is 0 Å². The summed E-state index contributed by atoms with van der Waals surface area (Å²) in [6.07, 6.45) is -9.10. The number of hydrogen-bond acceptors (Lipinski definition) is 4. The maximum absolute atomic E-state index is 13.1. The average molecular weight is 499 g/mol. The Morgan fingerprint density at radius 3 is 2.41 bits per heavy atom. The van der Waals surface area contributed by atoms with Crippen LogP contribution in [0.15, 0.2) is 47.4 Å². The zero-order valence-corrected chi connectivity index (χ0v) is 17.3. The molecule has 13 heteroatoms. The summed E-state index contributed by atoms with van der Waals surface area (Å²) >= 11 is 5.64. The molecule has 2 N–H and O–H groups in total. The van der Waals surface area contributed by atoms with Gasteiger partial charge >= 0.3 is 12.3 Å². The predicted molar refractivity (Wildman–Crippen MR) is 106 cm³/mol. The van der Waals surface area contributed by atoms with Crippen LogP contribution in [0.25, 0.3) is 0 Å². The number of amides is 2. The zero-order valence-electron chi connectivity index (χ0n) is 15.7. The van der Waals surface area contributed by atoms with Gasteiger partial charge in [-0.3, -0.25) is 9.59 Å². The van der Waals surface area contributed by atoms with Gasteiger partial charge in [0.1, 0.15) is 5.75 Å². The van der Waals surface area contributed by atoms with Crippen molar-refractivity contribution in [1.29, 1.82) is 0 Å². The van der Waals surface area contributed by atoms with Crippen molar-refractivity contribution < 1.29 is 40.7 Å². The number of ether oxygens (including phenoxy) is 1. The molecule has 0 fully saturated rings. The van der Waals surface area contributed by atoms with Crippen molar-refractivity contribution in [1.82, 2.24) is 0 Å². The van der Waals surface area contributed by atoms with Crippen LogP contribution in [0.2, 0.25) is 0 Å². The summed E-state index contributed by atoms with van der Waals surface area (Å²) in [4.78, 5) is 24.8. The van der Waals surface area contributed by atoms with Gasteiger partial charge in [0.2, 0.25) is 11.8 Å². The summed E-state index contributed by atoms with van der Waals surface area (Å²) in [5, 5.41) is 3.92. The number of anilines is 2. The molecule has 0 aliphatic carbocycles. The highest BCUT2D eigenvalue weighted by atomic mass is 35.5. The second kappa shape index (κ2) is 9.10. The summed E-state index contributed by atoms with van der Waals surface area (Å²) < 4.78 is 81.4. The smallest absolute Gasteiger partial charge is 0.429 e. The number of halogens is 7. The fourth-order valence-electron chi connectivity index (χ4n) is 2.65. The van der Waals surface area contributed by atoms with Crippen molar-refractivity contribution in [3.8, 4) is 5.75 Å². The van der Waals surface area contributed by atoms with Gasteiger partial charge in [0.05, 0.1) is 16.5 Å². The van der Waals surface area contributed by atoms with E-state index in [-0.39, 0.29) is 17.8 Å². The van der Waals surface area contributed by atoms with Gasteiger partial charge in [0.15, 0.2) is 0 Å². The topological polar surface area (TPSA) is 67.4 Å². The van der Waals surface area contributed by atoms with Gasteiger partial charge in [-0.15, -0.1) is 11.8 Å². The number of fused-ring (bicyclic) bond motifs is 1. The highest BCUT2D eigenvalue weighted by Gasteiger charge is 2.42. The Kier molecular flexibility index (Phi) is 6.84. The van der Waals surface area contributed by atoms with E-state index in [1.165, 1.54) is 18.2 Å². The molecule has 32 heavy (non-hydrogen) atoms. The largest absolute Gasteiger partial charge is 0.444 e. The standard InChI is InChI=1S/C19H13ClF6N2O3S/c20-17(21)19(25,26)31-11-4-2-10(3-5-11)27-15(29)8-14-16(30)28-12-7-9(18(22,23)24)1-6-13(12)32-14/h1-7,14,17H,8H2,(H,27,29)(H,28,30)/t14-,17+/m1/s1. The quantitative estimate of drug-likeness (QED) is 0.399. The molecule has 1 heterocycles. The summed E-state index contributed by atoms with van der Waals surface area (Å²) in [5.74, 6) is -1.63. The van der Waals surface area contributed by atoms with Gasteiger partial charge in [0, 0.05) is 17.0 Å². The summed E-state index contributed by atoms with van der Waals surface area (Å²) in [7, 11) is 0. The Hall–Kier alpha value is -2.60. The summed E-state index contributed by atoms with van der Waals surface area (Å²) in [6.45, 7) is 0. The Balaban J connectivity index is 1.60. The van der Waals surface area contributed by atoms with Crippen molar-refractivity contribution in [3.05, 3.63) is 48.0 Å². The van der Waals surface area contributed by atoms with Gasteiger partial charge in [-0.1, -0.05) is 11.6 Å². The van der Waals surface area contributed by atoms with Crippen LogP contribution in [0.5, 0.6) is 5.75 Å². The molecular formula is C19H13ClF6N2O3S. The third kappa shape index (κ3) is 5.80. The number of benzene rings is 2. The Morgan fingerprint density at radius 1 is 1.16 bits per heavy atom. The number of rotatable bonds is 6. The van der Waals surface area contributed by atoms with E-state index in [2.05, 4.69) is 15.4 Å². The molecule has 1 aliphatic rings. The molecule has 5 nitrogen and oxygen atoms in total. The van der Waals surface area contributed by atoms with E-state index in [0.717, 1.165) is 36.0 Å². The van der Waals surface area contributed by atoms with E-state index < -0.39 is 46.3 Å². The van der Waals surface area contributed by atoms with Crippen LogP contribution in [0.1, 0.15) is 12.0 Å². The third-order valence-corrected chi connectivity index (χ3v) is 5.67. The van der Waals surface area contributed by atoms with E-state index in [1.807, 2.05) is 0 Å². The molecule has 2 amide bonds. The normalized spacial score (nSPS) is 17.2.